The second-order valence-corrected chi connectivity index (χ2v) is 5.21. The Bertz CT molecular complexity index is 652. The van der Waals surface area contributed by atoms with Crippen molar-refractivity contribution in [3.63, 3.8) is 0 Å². The van der Waals surface area contributed by atoms with E-state index in [1.165, 1.54) is 32.1 Å². The van der Waals surface area contributed by atoms with Gasteiger partial charge in [0.05, 0.1) is 0 Å². The fourth-order valence-corrected chi connectivity index (χ4v) is 2.85. The minimum Gasteiger partial charge on any atom is -0.369 e. The smallest absolute Gasteiger partial charge is 0.280 e. The van der Waals surface area contributed by atoms with Crippen LogP contribution in [0.25, 0.3) is 11.2 Å². The number of fused-ring (bicyclic) bond motifs is 1. The summed E-state index contributed by atoms with van der Waals surface area (Å²) in [5.74, 6) is 1.02. The largest absolute Gasteiger partial charge is 0.369 e. The molecular weight excluding hydrogens is 244 g/mol. The fourth-order valence-electron chi connectivity index (χ4n) is 2.85. The van der Waals surface area contributed by atoms with E-state index in [0.717, 1.165) is 6.54 Å². The zero-order valence-corrected chi connectivity index (χ0v) is 10.7. The number of H-pyrrole nitrogens is 1. The van der Waals surface area contributed by atoms with Gasteiger partial charge in [0.25, 0.3) is 5.56 Å². The van der Waals surface area contributed by atoms with Gasteiger partial charge in [0, 0.05) is 6.54 Å². The van der Waals surface area contributed by atoms with E-state index < -0.39 is 0 Å². The molecule has 0 aromatic carbocycles. The molecule has 2 heterocycles. The van der Waals surface area contributed by atoms with Crippen LogP contribution in [0.3, 0.4) is 0 Å². The maximum absolute atomic E-state index is 11.8. The highest BCUT2D eigenvalue weighted by molar-refractivity contribution is 5.74. The van der Waals surface area contributed by atoms with Gasteiger partial charge in [-0.1, -0.05) is 19.3 Å². The van der Waals surface area contributed by atoms with Crippen LogP contribution in [-0.2, 0) is 6.54 Å². The summed E-state index contributed by atoms with van der Waals surface area (Å²) >= 11 is 0. The Morgan fingerprint density at radius 1 is 1.21 bits per heavy atom. The molecule has 0 saturated heterocycles. The van der Waals surface area contributed by atoms with Gasteiger partial charge in [-0.15, -0.1) is 0 Å². The first-order valence-corrected chi connectivity index (χ1v) is 6.66. The number of hydrogen-bond acceptors (Lipinski definition) is 5. The molecule has 3 rings (SSSR count). The van der Waals surface area contributed by atoms with Crippen molar-refractivity contribution in [2.24, 2.45) is 5.92 Å². The molecule has 0 unspecified atom stereocenters. The Morgan fingerprint density at radius 3 is 2.68 bits per heavy atom. The van der Waals surface area contributed by atoms with Crippen molar-refractivity contribution in [1.29, 1.82) is 0 Å². The summed E-state index contributed by atoms with van der Waals surface area (Å²) in [6.45, 7) is 0.762. The van der Waals surface area contributed by atoms with E-state index in [2.05, 4.69) is 15.0 Å². The molecule has 7 nitrogen and oxygen atoms in total. The molecule has 0 spiro atoms. The lowest BCUT2D eigenvalue weighted by Gasteiger charge is -2.22. The number of rotatable bonds is 2. The number of aromatic nitrogens is 4. The summed E-state index contributed by atoms with van der Waals surface area (Å²) in [6.07, 6.45) is 6.21. The van der Waals surface area contributed by atoms with Gasteiger partial charge in [-0.3, -0.25) is 14.3 Å². The van der Waals surface area contributed by atoms with Crippen molar-refractivity contribution in [3.8, 4) is 0 Å². The first kappa shape index (κ1) is 12.0. The number of anilines is 2. The molecule has 5 N–H and O–H groups in total. The van der Waals surface area contributed by atoms with Crippen molar-refractivity contribution in [1.82, 2.24) is 19.5 Å². The summed E-state index contributed by atoms with van der Waals surface area (Å²) in [6, 6.07) is 0. The van der Waals surface area contributed by atoms with Crippen LogP contribution in [0.4, 0.5) is 11.9 Å². The molecule has 1 aliphatic rings. The number of nitrogens with one attached hydrogen (secondary N) is 1. The Hall–Kier alpha value is -2.05. The quantitative estimate of drug-likeness (QED) is 0.742. The van der Waals surface area contributed by atoms with Crippen molar-refractivity contribution in [3.05, 3.63) is 10.4 Å². The van der Waals surface area contributed by atoms with Crippen LogP contribution in [0.5, 0.6) is 0 Å². The summed E-state index contributed by atoms with van der Waals surface area (Å²) in [5, 5.41) is 0. The van der Waals surface area contributed by atoms with Gasteiger partial charge in [0.1, 0.15) is 0 Å². The van der Waals surface area contributed by atoms with Crippen LogP contribution >= 0.6 is 0 Å². The van der Waals surface area contributed by atoms with Crippen molar-refractivity contribution >= 4 is 23.1 Å². The summed E-state index contributed by atoms with van der Waals surface area (Å²) in [7, 11) is 0. The highest BCUT2D eigenvalue weighted by Gasteiger charge is 2.19. The lowest BCUT2D eigenvalue weighted by molar-refractivity contribution is 0.323. The van der Waals surface area contributed by atoms with Gasteiger partial charge in [-0.25, -0.2) is 4.98 Å². The number of nitrogens with zero attached hydrogens (tertiary/aromatic N) is 3. The molecule has 0 amide bonds. The van der Waals surface area contributed by atoms with Crippen LogP contribution in [-0.4, -0.2) is 19.5 Å². The first-order chi connectivity index (χ1) is 9.15. The Labute approximate surface area is 110 Å². The second-order valence-electron chi connectivity index (χ2n) is 5.21. The van der Waals surface area contributed by atoms with Gasteiger partial charge >= 0.3 is 0 Å². The molecule has 19 heavy (non-hydrogen) atoms. The van der Waals surface area contributed by atoms with E-state index in [0.29, 0.717) is 17.5 Å². The molecule has 2 aromatic rings. The third-order valence-corrected chi connectivity index (χ3v) is 3.82. The minimum atomic E-state index is -0.336. The van der Waals surface area contributed by atoms with Crippen LogP contribution in [0.1, 0.15) is 32.1 Å². The Kier molecular flexibility index (Phi) is 2.88. The molecule has 0 bridgehead atoms. The maximum atomic E-state index is 11.8. The van der Waals surface area contributed by atoms with E-state index in [4.69, 9.17) is 11.5 Å². The summed E-state index contributed by atoms with van der Waals surface area (Å²) in [4.78, 5) is 22.5. The van der Waals surface area contributed by atoms with E-state index >= 15 is 0 Å². The molecule has 1 aliphatic carbocycles. The summed E-state index contributed by atoms with van der Waals surface area (Å²) < 4.78 is 1.82. The normalized spacial score (nSPS) is 17.1. The standard InChI is InChI=1S/C12H18N6O/c13-11-16-9-8(10(19)17-11)15-12(14)18(9)6-7-4-2-1-3-5-7/h7H,1-6H2,(H2,14,15)(H3,13,16,17,19). The minimum absolute atomic E-state index is 0.0993. The monoisotopic (exact) mass is 262 g/mol. The van der Waals surface area contributed by atoms with Crippen LogP contribution in [0, 0.1) is 5.92 Å². The molecule has 1 fully saturated rings. The molecule has 102 valence electrons. The molecule has 1 saturated carbocycles. The Morgan fingerprint density at radius 2 is 1.95 bits per heavy atom. The SMILES string of the molecule is Nc1nc2c(nc(N)n2CC2CCCCC2)c(=O)[nH]1. The van der Waals surface area contributed by atoms with E-state index in [-0.39, 0.29) is 17.0 Å². The van der Waals surface area contributed by atoms with Crippen LogP contribution in [0.2, 0.25) is 0 Å². The second kappa shape index (κ2) is 4.56. The lowest BCUT2D eigenvalue weighted by Crippen LogP contribution is -2.17. The number of aromatic amines is 1. The topological polar surface area (TPSA) is 116 Å². The molecular formula is C12H18N6O. The van der Waals surface area contributed by atoms with Gasteiger partial charge < -0.3 is 11.5 Å². The predicted molar refractivity (Wildman–Crippen MR) is 73.5 cm³/mol. The van der Waals surface area contributed by atoms with Gasteiger partial charge in [-0.2, -0.15) is 4.98 Å². The average molecular weight is 262 g/mol. The van der Waals surface area contributed by atoms with Crippen LogP contribution in [0.15, 0.2) is 4.79 Å². The van der Waals surface area contributed by atoms with Gasteiger partial charge in [-0.05, 0) is 18.8 Å². The highest BCUT2D eigenvalue weighted by atomic mass is 16.1. The zero-order chi connectivity index (χ0) is 13.4. The van der Waals surface area contributed by atoms with Crippen LogP contribution < -0.4 is 17.0 Å². The fraction of sp³-hybridized carbons (Fsp3) is 0.583. The molecule has 0 atom stereocenters. The predicted octanol–water partition coefficient (Wildman–Crippen LogP) is 0.864. The summed E-state index contributed by atoms with van der Waals surface area (Å²) in [5.41, 5.74) is 11.9. The third-order valence-electron chi connectivity index (χ3n) is 3.82. The third kappa shape index (κ3) is 2.16. The molecule has 7 heteroatoms. The van der Waals surface area contributed by atoms with E-state index in [1.54, 1.807) is 0 Å². The van der Waals surface area contributed by atoms with E-state index in [9.17, 15) is 4.79 Å². The number of hydrogen-bond donors (Lipinski definition) is 3. The number of nitrogens with two attached hydrogens (primary N) is 2. The molecule has 2 aromatic heterocycles. The lowest BCUT2D eigenvalue weighted by atomic mass is 9.89. The zero-order valence-electron chi connectivity index (χ0n) is 10.7. The van der Waals surface area contributed by atoms with Crippen molar-refractivity contribution < 1.29 is 0 Å². The highest BCUT2D eigenvalue weighted by Crippen LogP contribution is 2.27. The average Bonchev–Trinajstić information content (AvgIpc) is 2.69. The van der Waals surface area contributed by atoms with Crippen molar-refractivity contribution in [2.45, 2.75) is 38.6 Å². The molecule has 0 aliphatic heterocycles. The first-order valence-electron chi connectivity index (χ1n) is 6.66. The van der Waals surface area contributed by atoms with Gasteiger partial charge in [0.15, 0.2) is 11.2 Å². The maximum Gasteiger partial charge on any atom is 0.280 e. The molecule has 0 radical (unpaired) electrons. The van der Waals surface area contributed by atoms with Gasteiger partial charge in [0.2, 0.25) is 11.9 Å². The Balaban J connectivity index is 2.02. The number of imidazole rings is 1. The number of nitrogen functional groups attached to an aromatic ring is 2. The van der Waals surface area contributed by atoms with Crippen molar-refractivity contribution in [2.75, 3.05) is 11.5 Å². The van der Waals surface area contributed by atoms with E-state index in [1.807, 2.05) is 4.57 Å².